The van der Waals surface area contributed by atoms with Gasteiger partial charge in [0.1, 0.15) is 0 Å². The number of hydrogen-bond acceptors (Lipinski definition) is 1. The van der Waals surface area contributed by atoms with Crippen molar-refractivity contribution in [2.75, 3.05) is 11.4 Å². The van der Waals surface area contributed by atoms with Gasteiger partial charge in [-0.05, 0) is 24.6 Å². The molecule has 2 nitrogen and oxygen atoms in total. The second-order valence-electron chi connectivity index (χ2n) is 3.21. The Hall–Kier alpha value is -0.730. The zero-order valence-electron chi connectivity index (χ0n) is 7.68. The summed E-state index contributed by atoms with van der Waals surface area (Å²) in [5.74, 6) is 0.112. The molecule has 0 aromatic heterocycles. The number of carbonyl (C=O) groups excluding carboxylic acids is 1. The predicted octanol–water partition coefficient (Wildman–Crippen LogP) is 2.90. The molecule has 0 saturated carbocycles. The molecular weight excluding hydrogens is 221 g/mol. The van der Waals surface area contributed by atoms with Crippen LogP contribution in [0.2, 0.25) is 10.0 Å². The fourth-order valence-corrected chi connectivity index (χ4v) is 2.05. The Morgan fingerprint density at radius 3 is 2.64 bits per heavy atom. The van der Waals surface area contributed by atoms with E-state index < -0.39 is 0 Å². The highest BCUT2D eigenvalue weighted by molar-refractivity contribution is 6.42. The molecule has 1 aliphatic rings. The summed E-state index contributed by atoms with van der Waals surface area (Å²) < 4.78 is 0. The van der Waals surface area contributed by atoms with Gasteiger partial charge in [-0.25, -0.2) is 0 Å². The van der Waals surface area contributed by atoms with Gasteiger partial charge >= 0.3 is 0 Å². The van der Waals surface area contributed by atoms with Crippen LogP contribution in [0.15, 0.2) is 12.1 Å². The first-order valence-electron chi connectivity index (χ1n) is 4.41. The zero-order chi connectivity index (χ0) is 10.3. The van der Waals surface area contributed by atoms with Crippen LogP contribution in [-0.2, 0) is 11.2 Å². The van der Waals surface area contributed by atoms with Gasteiger partial charge in [-0.3, -0.25) is 4.79 Å². The van der Waals surface area contributed by atoms with Gasteiger partial charge in [-0.15, -0.1) is 0 Å². The number of likely N-dealkylation sites (N-methyl/N-ethyl adjacent to an activating group) is 1. The van der Waals surface area contributed by atoms with Crippen molar-refractivity contribution in [2.24, 2.45) is 0 Å². The SMILES string of the molecule is CCN1C(=O)Cc2cc(Cl)c(Cl)cc21. The van der Waals surface area contributed by atoms with Gasteiger partial charge < -0.3 is 4.90 Å². The van der Waals surface area contributed by atoms with E-state index in [9.17, 15) is 4.79 Å². The highest BCUT2D eigenvalue weighted by Crippen LogP contribution is 2.35. The number of rotatable bonds is 1. The third-order valence-electron chi connectivity index (χ3n) is 2.37. The summed E-state index contributed by atoms with van der Waals surface area (Å²) >= 11 is 11.8. The number of hydrogen-bond donors (Lipinski definition) is 0. The second-order valence-corrected chi connectivity index (χ2v) is 4.02. The van der Waals surface area contributed by atoms with E-state index in [1.807, 2.05) is 6.92 Å². The fourth-order valence-electron chi connectivity index (χ4n) is 1.71. The Balaban J connectivity index is 2.54. The van der Waals surface area contributed by atoms with Crippen LogP contribution in [0.3, 0.4) is 0 Å². The molecule has 1 amide bonds. The minimum absolute atomic E-state index is 0.112. The summed E-state index contributed by atoms with van der Waals surface area (Å²) in [5, 5.41) is 1.01. The summed E-state index contributed by atoms with van der Waals surface area (Å²) in [5.41, 5.74) is 1.86. The molecule has 1 aromatic rings. The average molecular weight is 230 g/mol. The number of nitrogens with zero attached hydrogens (tertiary/aromatic N) is 1. The number of amides is 1. The Morgan fingerprint density at radius 1 is 1.36 bits per heavy atom. The maximum absolute atomic E-state index is 11.5. The number of halogens is 2. The second kappa shape index (κ2) is 3.44. The van der Waals surface area contributed by atoms with Crippen LogP contribution in [0.5, 0.6) is 0 Å². The van der Waals surface area contributed by atoms with Crippen molar-refractivity contribution in [1.82, 2.24) is 0 Å². The van der Waals surface area contributed by atoms with E-state index in [1.165, 1.54) is 0 Å². The molecule has 0 N–H and O–H groups in total. The molecule has 2 rings (SSSR count). The Kier molecular flexibility index (Phi) is 2.41. The molecule has 0 unspecified atom stereocenters. The van der Waals surface area contributed by atoms with Crippen molar-refractivity contribution in [1.29, 1.82) is 0 Å². The van der Waals surface area contributed by atoms with Gasteiger partial charge in [0.25, 0.3) is 0 Å². The summed E-state index contributed by atoms with van der Waals surface area (Å²) in [6.45, 7) is 2.61. The molecule has 4 heteroatoms. The third kappa shape index (κ3) is 1.39. The fraction of sp³-hybridized carbons (Fsp3) is 0.300. The molecular formula is C10H9Cl2NO. The Labute approximate surface area is 92.4 Å². The molecule has 0 spiro atoms. The normalized spacial score (nSPS) is 14.8. The summed E-state index contributed by atoms with van der Waals surface area (Å²) in [6.07, 6.45) is 0.431. The lowest BCUT2D eigenvalue weighted by atomic mass is 10.2. The molecule has 14 heavy (non-hydrogen) atoms. The lowest BCUT2D eigenvalue weighted by Crippen LogP contribution is -2.25. The largest absolute Gasteiger partial charge is 0.312 e. The van der Waals surface area contributed by atoms with Crippen LogP contribution in [0.25, 0.3) is 0 Å². The van der Waals surface area contributed by atoms with E-state index >= 15 is 0 Å². The minimum atomic E-state index is 0.112. The van der Waals surface area contributed by atoms with Crippen molar-refractivity contribution in [3.8, 4) is 0 Å². The van der Waals surface area contributed by atoms with E-state index in [0.29, 0.717) is 23.0 Å². The quantitative estimate of drug-likeness (QED) is 0.726. The zero-order valence-corrected chi connectivity index (χ0v) is 9.19. The number of fused-ring (bicyclic) bond motifs is 1. The van der Waals surface area contributed by atoms with Crippen LogP contribution in [-0.4, -0.2) is 12.5 Å². The van der Waals surface area contributed by atoms with Gasteiger partial charge in [0.05, 0.1) is 16.5 Å². The van der Waals surface area contributed by atoms with Crippen molar-refractivity contribution >= 4 is 34.8 Å². The molecule has 1 aliphatic heterocycles. The molecule has 74 valence electrons. The summed E-state index contributed by atoms with van der Waals surface area (Å²) in [6, 6.07) is 3.53. The number of benzene rings is 1. The van der Waals surface area contributed by atoms with Crippen LogP contribution in [0.1, 0.15) is 12.5 Å². The Morgan fingerprint density at radius 2 is 2.00 bits per heavy atom. The van der Waals surface area contributed by atoms with Crippen molar-refractivity contribution < 1.29 is 4.79 Å². The summed E-state index contributed by atoms with van der Waals surface area (Å²) in [7, 11) is 0. The molecule has 1 heterocycles. The van der Waals surface area contributed by atoms with E-state index in [-0.39, 0.29) is 5.91 Å². The average Bonchev–Trinajstić information content (AvgIpc) is 2.42. The monoisotopic (exact) mass is 229 g/mol. The first kappa shape index (κ1) is 9.81. The van der Waals surface area contributed by atoms with Gasteiger partial charge in [0.2, 0.25) is 5.91 Å². The standard InChI is InChI=1S/C10H9Cl2NO/c1-2-13-9-5-8(12)7(11)3-6(9)4-10(13)14/h3,5H,2,4H2,1H3. The maximum atomic E-state index is 11.5. The number of anilines is 1. The molecule has 0 atom stereocenters. The van der Waals surface area contributed by atoms with Gasteiger partial charge in [0, 0.05) is 12.2 Å². The lowest BCUT2D eigenvalue weighted by molar-refractivity contribution is -0.117. The van der Waals surface area contributed by atoms with Crippen LogP contribution in [0.4, 0.5) is 5.69 Å². The van der Waals surface area contributed by atoms with Gasteiger partial charge in [-0.2, -0.15) is 0 Å². The van der Waals surface area contributed by atoms with Gasteiger partial charge in [0.15, 0.2) is 0 Å². The molecule has 0 aliphatic carbocycles. The third-order valence-corrected chi connectivity index (χ3v) is 3.09. The van der Waals surface area contributed by atoms with Crippen molar-refractivity contribution in [3.05, 3.63) is 27.7 Å². The van der Waals surface area contributed by atoms with E-state index in [2.05, 4.69) is 0 Å². The predicted molar refractivity (Wildman–Crippen MR) is 58.2 cm³/mol. The molecule has 0 radical (unpaired) electrons. The van der Waals surface area contributed by atoms with E-state index in [1.54, 1.807) is 17.0 Å². The molecule has 0 bridgehead atoms. The lowest BCUT2D eigenvalue weighted by Gasteiger charge is -2.14. The highest BCUT2D eigenvalue weighted by Gasteiger charge is 2.26. The van der Waals surface area contributed by atoms with Crippen molar-refractivity contribution in [2.45, 2.75) is 13.3 Å². The van der Waals surface area contributed by atoms with Gasteiger partial charge in [-0.1, -0.05) is 23.2 Å². The van der Waals surface area contributed by atoms with Crippen molar-refractivity contribution in [3.63, 3.8) is 0 Å². The Bertz CT molecular complexity index is 403. The van der Waals surface area contributed by atoms with Crippen LogP contribution in [0, 0.1) is 0 Å². The molecule has 0 fully saturated rings. The topological polar surface area (TPSA) is 20.3 Å². The highest BCUT2D eigenvalue weighted by atomic mass is 35.5. The first-order chi connectivity index (χ1) is 6.63. The number of carbonyl (C=O) groups is 1. The molecule has 0 saturated heterocycles. The smallest absolute Gasteiger partial charge is 0.231 e. The maximum Gasteiger partial charge on any atom is 0.231 e. The summed E-state index contributed by atoms with van der Waals surface area (Å²) in [4.78, 5) is 13.2. The van der Waals surface area contributed by atoms with E-state index in [0.717, 1.165) is 11.3 Å². The van der Waals surface area contributed by atoms with Crippen LogP contribution >= 0.6 is 23.2 Å². The van der Waals surface area contributed by atoms with E-state index in [4.69, 9.17) is 23.2 Å². The van der Waals surface area contributed by atoms with Crippen LogP contribution < -0.4 is 4.90 Å². The minimum Gasteiger partial charge on any atom is -0.312 e. The molecule has 1 aromatic carbocycles. The first-order valence-corrected chi connectivity index (χ1v) is 5.17.